The third-order valence-corrected chi connectivity index (χ3v) is 3.22. The summed E-state index contributed by atoms with van der Waals surface area (Å²) in [6, 6.07) is 6.75. The van der Waals surface area contributed by atoms with Crippen molar-refractivity contribution in [2.45, 2.75) is 32.8 Å². The third kappa shape index (κ3) is 6.04. The first kappa shape index (κ1) is 17.3. The summed E-state index contributed by atoms with van der Waals surface area (Å²) in [6.07, 6.45) is 0.556. The number of halogens is 1. The maximum absolute atomic E-state index is 11.9. The Morgan fingerprint density at radius 2 is 2.14 bits per heavy atom. The Bertz CT molecular complexity index is 492. The average Bonchev–Trinajstić information content (AvgIpc) is 2.42. The summed E-state index contributed by atoms with van der Waals surface area (Å²) in [4.78, 5) is 22.9. The molecule has 0 aliphatic heterocycles. The lowest BCUT2D eigenvalue weighted by molar-refractivity contribution is -0.142. The van der Waals surface area contributed by atoms with Gasteiger partial charge in [-0.05, 0) is 31.5 Å². The van der Waals surface area contributed by atoms with Gasteiger partial charge in [0, 0.05) is 11.6 Å². The molecule has 1 rings (SSSR count). The highest BCUT2D eigenvalue weighted by Gasteiger charge is 2.20. The smallest absolute Gasteiger partial charge is 0.308 e. The quantitative estimate of drug-likeness (QED) is 0.773. The lowest BCUT2D eigenvalue weighted by atomic mass is 10.0. The second-order valence-electron chi connectivity index (χ2n) is 4.79. The molecular formula is C15H20ClNO4. The van der Waals surface area contributed by atoms with Gasteiger partial charge < -0.3 is 15.2 Å². The van der Waals surface area contributed by atoms with E-state index in [0.29, 0.717) is 17.2 Å². The van der Waals surface area contributed by atoms with Gasteiger partial charge >= 0.3 is 5.97 Å². The number of carboxylic acid groups (broad SMARTS) is 1. The fourth-order valence-corrected chi connectivity index (χ4v) is 2.01. The number of carboxylic acids is 1. The SMILES string of the molecule is CCCC(CNC(=O)C(C)Oc1cccc(Cl)c1)C(=O)O. The zero-order valence-corrected chi connectivity index (χ0v) is 12.9. The zero-order valence-electron chi connectivity index (χ0n) is 12.1. The summed E-state index contributed by atoms with van der Waals surface area (Å²) >= 11 is 5.83. The van der Waals surface area contributed by atoms with Gasteiger partial charge in [0.25, 0.3) is 5.91 Å². The standard InChI is InChI=1S/C15H20ClNO4/c1-3-5-11(15(19)20)9-17-14(18)10(2)21-13-7-4-6-12(16)8-13/h4,6-8,10-11H,3,5,9H2,1-2H3,(H,17,18)(H,19,20). The van der Waals surface area contributed by atoms with Gasteiger partial charge in [0.05, 0.1) is 5.92 Å². The Morgan fingerprint density at radius 3 is 2.71 bits per heavy atom. The van der Waals surface area contributed by atoms with Crippen LogP contribution >= 0.6 is 11.6 Å². The first-order chi connectivity index (χ1) is 9.93. The Labute approximate surface area is 129 Å². The van der Waals surface area contributed by atoms with E-state index in [9.17, 15) is 9.59 Å². The molecule has 0 aromatic heterocycles. The largest absolute Gasteiger partial charge is 0.481 e. The number of nitrogens with one attached hydrogen (secondary N) is 1. The lowest BCUT2D eigenvalue weighted by Crippen LogP contribution is -2.40. The number of amides is 1. The summed E-state index contributed by atoms with van der Waals surface area (Å²) in [5.74, 6) is -1.33. The van der Waals surface area contributed by atoms with Crippen LogP contribution in [0.2, 0.25) is 5.02 Å². The predicted octanol–water partition coefficient (Wildman–Crippen LogP) is 2.72. The first-order valence-corrected chi connectivity index (χ1v) is 7.24. The molecule has 5 nitrogen and oxygen atoms in total. The van der Waals surface area contributed by atoms with Crippen LogP contribution in [0.15, 0.2) is 24.3 Å². The second-order valence-corrected chi connectivity index (χ2v) is 5.22. The first-order valence-electron chi connectivity index (χ1n) is 6.86. The van der Waals surface area contributed by atoms with Crippen molar-refractivity contribution in [1.29, 1.82) is 0 Å². The molecule has 0 bridgehead atoms. The monoisotopic (exact) mass is 313 g/mol. The molecule has 0 radical (unpaired) electrons. The van der Waals surface area contributed by atoms with Gasteiger partial charge in [0.2, 0.25) is 0 Å². The highest BCUT2D eigenvalue weighted by atomic mass is 35.5. The van der Waals surface area contributed by atoms with Gasteiger partial charge in [-0.15, -0.1) is 0 Å². The minimum Gasteiger partial charge on any atom is -0.481 e. The molecule has 2 N–H and O–H groups in total. The molecule has 1 aromatic rings. The van der Waals surface area contributed by atoms with Crippen LogP contribution in [0.5, 0.6) is 5.75 Å². The van der Waals surface area contributed by atoms with E-state index in [1.54, 1.807) is 31.2 Å². The van der Waals surface area contributed by atoms with Crippen LogP contribution < -0.4 is 10.1 Å². The minimum atomic E-state index is -0.902. The summed E-state index contributed by atoms with van der Waals surface area (Å²) < 4.78 is 5.47. The van der Waals surface area contributed by atoms with Crippen molar-refractivity contribution in [3.05, 3.63) is 29.3 Å². The van der Waals surface area contributed by atoms with E-state index in [1.165, 1.54) is 0 Å². The van der Waals surface area contributed by atoms with E-state index < -0.39 is 18.0 Å². The summed E-state index contributed by atoms with van der Waals surface area (Å²) in [5.41, 5.74) is 0. The molecule has 0 heterocycles. The highest BCUT2D eigenvalue weighted by Crippen LogP contribution is 2.18. The summed E-state index contributed by atoms with van der Waals surface area (Å²) in [6.45, 7) is 3.61. The molecule has 0 spiro atoms. The van der Waals surface area contributed by atoms with Crippen molar-refractivity contribution >= 4 is 23.5 Å². The molecule has 1 amide bonds. The van der Waals surface area contributed by atoms with Gasteiger partial charge in [-0.25, -0.2) is 0 Å². The Kier molecular flexibility index (Phi) is 7.02. The molecule has 2 unspecified atom stereocenters. The van der Waals surface area contributed by atoms with Gasteiger partial charge in [-0.3, -0.25) is 9.59 Å². The Morgan fingerprint density at radius 1 is 1.43 bits per heavy atom. The molecule has 6 heteroatoms. The average molecular weight is 314 g/mol. The van der Waals surface area contributed by atoms with E-state index in [0.717, 1.165) is 6.42 Å². The number of hydrogen-bond acceptors (Lipinski definition) is 3. The number of carbonyl (C=O) groups is 2. The minimum absolute atomic E-state index is 0.102. The van der Waals surface area contributed by atoms with Crippen LogP contribution in [0.25, 0.3) is 0 Å². The van der Waals surface area contributed by atoms with Crippen molar-refractivity contribution in [2.24, 2.45) is 5.92 Å². The van der Waals surface area contributed by atoms with E-state index in [4.69, 9.17) is 21.4 Å². The van der Waals surface area contributed by atoms with Crippen LogP contribution in [0.3, 0.4) is 0 Å². The maximum atomic E-state index is 11.9. The van der Waals surface area contributed by atoms with Gasteiger partial charge in [-0.1, -0.05) is 31.0 Å². The number of ether oxygens (including phenoxy) is 1. The molecule has 2 atom stereocenters. The van der Waals surface area contributed by atoms with Crippen LogP contribution in [0, 0.1) is 5.92 Å². The number of benzene rings is 1. The molecular weight excluding hydrogens is 294 g/mol. The van der Waals surface area contributed by atoms with Crippen LogP contribution in [-0.2, 0) is 9.59 Å². The highest BCUT2D eigenvalue weighted by molar-refractivity contribution is 6.30. The number of hydrogen-bond donors (Lipinski definition) is 2. The molecule has 21 heavy (non-hydrogen) atoms. The van der Waals surface area contributed by atoms with E-state index in [2.05, 4.69) is 5.32 Å². The summed E-state index contributed by atoms with van der Waals surface area (Å²) in [5, 5.41) is 12.2. The van der Waals surface area contributed by atoms with Crippen LogP contribution in [0.1, 0.15) is 26.7 Å². The van der Waals surface area contributed by atoms with Crippen molar-refractivity contribution < 1.29 is 19.4 Å². The van der Waals surface area contributed by atoms with E-state index in [-0.39, 0.29) is 12.5 Å². The van der Waals surface area contributed by atoms with E-state index in [1.807, 2.05) is 6.92 Å². The molecule has 1 aromatic carbocycles. The Hall–Kier alpha value is -1.75. The van der Waals surface area contributed by atoms with Gasteiger partial charge in [0.15, 0.2) is 6.10 Å². The second kappa shape index (κ2) is 8.52. The molecule has 0 saturated heterocycles. The molecule has 0 fully saturated rings. The lowest BCUT2D eigenvalue weighted by Gasteiger charge is -2.17. The Balaban J connectivity index is 2.49. The molecule has 0 aliphatic carbocycles. The fourth-order valence-electron chi connectivity index (χ4n) is 1.83. The predicted molar refractivity (Wildman–Crippen MR) is 80.6 cm³/mol. The summed E-state index contributed by atoms with van der Waals surface area (Å²) in [7, 11) is 0. The topological polar surface area (TPSA) is 75.6 Å². The fraction of sp³-hybridized carbons (Fsp3) is 0.467. The molecule has 116 valence electrons. The number of carbonyl (C=O) groups excluding carboxylic acids is 1. The van der Waals surface area contributed by atoms with Gasteiger partial charge in [0.1, 0.15) is 5.75 Å². The third-order valence-electron chi connectivity index (χ3n) is 2.99. The molecule has 0 aliphatic rings. The van der Waals surface area contributed by atoms with Crippen molar-refractivity contribution in [1.82, 2.24) is 5.32 Å². The van der Waals surface area contributed by atoms with Crippen molar-refractivity contribution in [3.63, 3.8) is 0 Å². The van der Waals surface area contributed by atoms with Gasteiger partial charge in [-0.2, -0.15) is 0 Å². The normalized spacial score (nSPS) is 13.3. The molecule has 0 saturated carbocycles. The zero-order chi connectivity index (χ0) is 15.8. The van der Waals surface area contributed by atoms with Crippen LogP contribution in [-0.4, -0.2) is 29.6 Å². The number of rotatable bonds is 8. The van der Waals surface area contributed by atoms with Crippen LogP contribution in [0.4, 0.5) is 0 Å². The maximum Gasteiger partial charge on any atom is 0.308 e. The van der Waals surface area contributed by atoms with Crippen molar-refractivity contribution in [3.8, 4) is 5.75 Å². The van der Waals surface area contributed by atoms with Crippen molar-refractivity contribution in [2.75, 3.05) is 6.54 Å². The number of aliphatic carboxylic acids is 1. The van der Waals surface area contributed by atoms with E-state index >= 15 is 0 Å².